The summed E-state index contributed by atoms with van der Waals surface area (Å²) >= 11 is 0. The molecule has 0 atom stereocenters. The van der Waals surface area contributed by atoms with Crippen molar-refractivity contribution < 1.29 is 4.79 Å². The molecule has 1 amide bonds. The van der Waals surface area contributed by atoms with Crippen LogP contribution >= 0.6 is 0 Å². The molecule has 3 aromatic rings. The van der Waals surface area contributed by atoms with Gasteiger partial charge in [0.05, 0.1) is 0 Å². The van der Waals surface area contributed by atoms with Crippen LogP contribution in [0.1, 0.15) is 70.4 Å². The van der Waals surface area contributed by atoms with E-state index < -0.39 is 0 Å². The Morgan fingerprint density at radius 1 is 0.935 bits per heavy atom. The van der Waals surface area contributed by atoms with Gasteiger partial charge in [-0.3, -0.25) is 9.78 Å². The molecule has 0 radical (unpaired) electrons. The minimum Gasteiger partial charge on any atom is -0.331 e. The van der Waals surface area contributed by atoms with E-state index in [1.165, 1.54) is 52.6 Å². The van der Waals surface area contributed by atoms with E-state index in [0.717, 1.165) is 37.1 Å². The van der Waals surface area contributed by atoms with Crippen LogP contribution in [0.2, 0.25) is 0 Å². The lowest BCUT2D eigenvalue weighted by molar-refractivity contribution is 0.0660. The number of hydrogen-bond acceptors (Lipinski definition) is 2. The molecule has 31 heavy (non-hydrogen) atoms. The number of hydrogen-bond donors (Lipinski definition) is 0. The second-order valence-corrected chi connectivity index (χ2v) is 9.22. The zero-order valence-electron chi connectivity index (χ0n) is 18.5. The first-order valence-corrected chi connectivity index (χ1v) is 11.5. The largest absolute Gasteiger partial charge is 0.331 e. The van der Waals surface area contributed by atoms with Crippen LogP contribution in [0.5, 0.6) is 0 Å². The van der Waals surface area contributed by atoms with Crippen molar-refractivity contribution in [1.82, 2.24) is 9.88 Å². The van der Waals surface area contributed by atoms with E-state index in [-0.39, 0.29) is 5.91 Å². The molecule has 0 saturated heterocycles. The lowest BCUT2D eigenvalue weighted by Crippen LogP contribution is -2.36. The molecule has 1 fully saturated rings. The van der Waals surface area contributed by atoms with Crippen molar-refractivity contribution in [3.63, 3.8) is 0 Å². The Kier molecular flexibility index (Phi) is 5.35. The number of carbonyl (C=O) groups is 1. The van der Waals surface area contributed by atoms with Crippen LogP contribution in [0.3, 0.4) is 0 Å². The van der Waals surface area contributed by atoms with Crippen LogP contribution in [0, 0.1) is 13.8 Å². The number of aryl methyl sites for hydroxylation is 2. The average molecular weight is 411 g/mol. The molecule has 2 aliphatic rings. The number of benzene rings is 2. The van der Waals surface area contributed by atoms with E-state index >= 15 is 0 Å². The van der Waals surface area contributed by atoms with Crippen LogP contribution < -0.4 is 0 Å². The van der Waals surface area contributed by atoms with Crippen LogP contribution in [-0.4, -0.2) is 21.8 Å². The van der Waals surface area contributed by atoms with Crippen molar-refractivity contribution >= 4 is 5.91 Å². The highest BCUT2D eigenvalue weighted by Gasteiger charge is 2.33. The maximum Gasteiger partial charge on any atom is 0.254 e. The summed E-state index contributed by atoms with van der Waals surface area (Å²) in [6.45, 7) is 4.99. The van der Waals surface area contributed by atoms with Gasteiger partial charge in [-0.2, -0.15) is 0 Å². The standard InChI is InChI=1S/C28H30N2O/c1-19-14-25-18-30(26-6-4-3-5-7-26)28(31)27(25)17-24(19)16-21-8-10-22(11-9-21)23-12-13-29-20(2)15-23/h8-15,17,26H,3-7,16,18H2,1-2H3. The number of fused-ring (bicyclic) bond motifs is 1. The van der Waals surface area contributed by atoms with Gasteiger partial charge in [-0.1, -0.05) is 49.6 Å². The second kappa shape index (κ2) is 8.30. The van der Waals surface area contributed by atoms with E-state index in [4.69, 9.17) is 0 Å². The minimum atomic E-state index is 0.242. The molecule has 2 aromatic carbocycles. The van der Waals surface area contributed by atoms with Crippen LogP contribution in [0.4, 0.5) is 0 Å². The fourth-order valence-electron chi connectivity index (χ4n) is 5.19. The van der Waals surface area contributed by atoms with Gasteiger partial charge in [0.2, 0.25) is 0 Å². The molecule has 0 unspecified atom stereocenters. The van der Waals surface area contributed by atoms with Gasteiger partial charge >= 0.3 is 0 Å². The summed E-state index contributed by atoms with van der Waals surface area (Å²) in [4.78, 5) is 19.6. The van der Waals surface area contributed by atoms with Gasteiger partial charge in [-0.25, -0.2) is 0 Å². The lowest BCUT2D eigenvalue weighted by atomic mass is 9.94. The first-order chi connectivity index (χ1) is 15.1. The Labute approximate surface area is 185 Å². The average Bonchev–Trinajstić information content (AvgIpc) is 3.10. The van der Waals surface area contributed by atoms with Crippen molar-refractivity contribution in [2.24, 2.45) is 0 Å². The number of nitrogens with zero attached hydrogens (tertiary/aromatic N) is 2. The Bertz CT molecular complexity index is 1110. The number of pyridine rings is 1. The Morgan fingerprint density at radius 3 is 2.45 bits per heavy atom. The quantitative estimate of drug-likeness (QED) is 0.510. The topological polar surface area (TPSA) is 33.2 Å². The molecule has 1 aromatic heterocycles. The summed E-state index contributed by atoms with van der Waals surface area (Å²) in [6.07, 6.45) is 8.86. The van der Waals surface area contributed by atoms with E-state index in [9.17, 15) is 4.79 Å². The first-order valence-electron chi connectivity index (χ1n) is 11.5. The number of rotatable bonds is 4. The van der Waals surface area contributed by atoms with E-state index in [2.05, 4.69) is 65.3 Å². The summed E-state index contributed by atoms with van der Waals surface area (Å²) in [5, 5.41) is 0. The van der Waals surface area contributed by atoms with Gasteiger partial charge in [0, 0.05) is 30.0 Å². The molecule has 0 bridgehead atoms. The smallest absolute Gasteiger partial charge is 0.254 e. The molecular formula is C28H30N2O. The van der Waals surface area contributed by atoms with Gasteiger partial charge in [0.25, 0.3) is 5.91 Å². The summed E-state index contributed by atoms with van der Waals surface area (Å²) < 4.78 is 0. The molecule has 158 valence electrons. The highest BCUT2D eigenvalue weighted by Crippen LogP contribution is 2.33. The van der Waals surface area contributed by atoms with Crippen molar-refractivity contribution in [3.8, 4) is 11.1 Å². The van der Waals surface area contributed by atoms with Crippen molar-refractivity contribution in [1.29, 1.82) is 0 Å². The van der Waals surface area contributed by atoms with Gasteiger partial charge in [-0.15, -0.1) is 0 Å². The summed E-state index contributed by atoms with van der Waals surface area (Å²) in [5.74, 6) is 0.242. The molecule has 0 N–H and O–H groups in total. The summed E-state index contributed by atoms with van der Waals surface area (Å²) in [6, 6.07) is 17.8. The monoisotopic (exact) mass is 410 g/mol. The maximum atomic E-state index is 13.2. The fourth-order valence-corrected chi connectivity index (χ4v) is 5.19. The third-order valence-electron chi connectivity index (χ3n) is 6.99. The lowest BCUT2D eigenvalue weighted by Gasteiger charge is -2.30. The molecule has 2 heterocycles. The molecule has 1 saturated carbocycles. The number of amides is 1. The van der Waals surface area contributed by atoms with Gasteiger partial charge in [0.15, 0.2) is 0 Å². The van der Waals surface area contributed by atoms with Crippen molar-refractivity contribution in [2.75, 3.05) is 0 Å². The first kappa shape index (κ1) is 20.0. The second-order valence-electron chi connectivity index (χ2n) is 9.22. The Hall–Kier alpha value is -2.94. The highest BCUT2D eigenvalue weighted by atomic mass is 16.2. The number of carbonyl (C=O) groups excluding carboxylic acids is 1. The Balaban J connectivity index is 1.35. The zero-order chi connectivity index (χ0) is 21.4. The third-order valence-corrected chi connectivity index (χ3v) is 6.99. The summed E-state index contributed by atoms with van der Waals surface area (Å²) in [5.41, 5.74) is 9.38. The minimum absolute atomic E-state index is 0.242. The molecule has 3 heteroatoms. The molecule has 5 rings (SSSR count). The number of aromatic nitrogens is 1. The normalized spacial score (nSPS) is 16.6. The van der Waals surface area contributed by atoms with E-state index in [1.54, 1.807) is 0 Å². The van der Waals surface area contributed by atoms with Crippen LogP contribution in [-0.2, 0) is 13.0 Å². The Morgan fingerprint density at radius 2 is 1.71 bits per heavy atom. The van der Waals surface area contributed by atoms with Gasteiger partial charge in [0.1, 0.15) is 0 Å². The molecule has 1 aliphatic carbocycles. The molecule has 1 aliphatic heterocycles. The third kappa shape index (κ3) is 4.01. The maximum absolute atomic E-state index is 13.2. The van der Waals surface area contributed by atoms with E-state index in [0.29, 0.717) is 6.04 Å². The van der Waals surface area contributed by atoms with Crippen LogP contribution in [0.15, 0.2) is 54.7 Å². The predicted octanol–water partition coefficient (Wildman–Crippen LogP) is 6.24. The van der Waals surface area contributed by atoms with Crippen LogP contribution in [0.25, 0.3) is 11.1 Å². The van der Waals surface area contributed by atoms with Crippen molar-refractivity contribution in [2.45, 2.75) is 65.0 Å². The highest BCUT2D eigenvalue weighted by molar-refractivity contribution is 5.99. The summed E-state index contributed by atoms with van der Waals surface area (Å²) in [7, 11) is 0. The molecule has 3 nitrogen and oxygen atoms in total. The SMILES string of the molecule is Cc1cc(-c2ccc(Cc3cc4c(cc3C)CN(C3CCCCC3)C4=O)cc2)ccn1. The molecular weight excluding hydrogens is 380 g/mol. The van der Waals surface area contributed by atoms with Gasteiger partial charge in [-0.05, 0) is 84.7 Å². The predicted molar refractivity (Wildman–Crippen MR) is 125 cm³/mol. The fraction of sp³-hybridized carbons (Fsp3) is 0.357. The van der Waals surface area contributed by atoms with Crippen molar-refractivity contribution in [3.05, 3.63) is 88.2 Å². The van der Waals surface area contributed by atoms with E-state index in [1.807, 2.05) is 13.1 Å². The molecule has 0 spiro atoms. The van der Waals surface area contributed by atoms with Gasteiger partial charge < -0.3 is 4.90 Å². The zero-order valence-corrected chi connectivity index (χ0v) is 18.5.